The minimum absolute atomic E-state index is 0.0734. The summed E-state index contributed by atoms with van der Waals surface area (Å²) in [6, 6.07) is 12.0. The third-order valence-electron chi connectivity index (χ3n) is 6.61. The third kappa shape index (κ3) is 8.34. The second-order valence-electron chi connectivity index (χ2n) is 9.56. The molecule has 4 rings (SSSR count). The molecule has 0 aromatic heterocycles. The standard InChI is InChI=1S/C24H27BF3NO3.3C2H6/c1-22(2)23(3,4)32-25(31-22)19-9-10-20-18(14-19)11-12-29(20)21(30)13-16-5-7-17(8-6-16)15-24(26,27)28;3*1-2/h5-10,14H,11-13,15H2,1-4H3;3*1-2H3. The minimum atomic E-state index is -4.24. The van der Waals surface area contributed by atoms with Crippen molar-refractivity contribution >= 4 is 24.2 Å². The number of alkyl halides is 3. The molecule has 0 unspecified atom stereocenters. The second kappa shape index (κ2) is 14.2. The Morgan fingerprint density at radius 2 is 1.37 bits per heavy atom. The molecule has 2 heterocycles. The van der Waals surface area contributed by atoms with E-state index in [1.165, 1.54) is 12.1 Å². The molecule has 212 valence electrons. The van der Waals surface area contributed by atoms with Crippen LogP contribution in [0.2, 0.25) is 0 Å². The predicted molar refractivity (Wildman–Crippen MR) is 152 cm³/mol. The van der Waals surface area contributed by atoms with Crippen molar-refractivity contribution in [1.82, 2.24) is 0 Å². The van der Waals surface area contributed by atoms with Crippen LogP contribution in [0.3, 0.4) is 0 Å². The maximum absolute atomic E-state index is 12.9. The van der Waals surface area contributed by atoms with Crippen LogP contribution in [0.4, 0.5) is 18.9 Å². The van der Waals surface area contributed by atoms with Gasteiger partial charge in [0.05, 0.1) is 24.0 Å². The normalized spacial score (nSPS) is 16.8. The zero-order valence-corrected chi connectivity index (χ0v) is 24.8. The fourth-order valence-electron chi connectivity index (χ4n) is 4.08. The summed E-state index contributed by atoms with van der Waals surface area (Å²) in [4.78, 5) is 14.6. The van der Waals surface area contributed by atoms with Crippen molar-refractivity contribution in [2.45, 2.75) is 106 Å². The van der Waals surface area contributed by atoms with E-state index < -0.39 is 30.9 Å². The van der Waals surface area contributed by atoms with Crippen LogP contribution in [0, 0.1) is 0 Å². The molecule has 2 aliphatic rings. The summed E-state index contributed by atoms with van der Waals surface area (Å²) in [5, 5.41) is 0. The number of amides is 1. The Morgan fingerprint density at radius 3 is 1.87 bits per heavy atom. The third-order valence-corrected chi connectivity index (χ3v) is 6.61. The van der Waals surface area contributed by atoms with Gasteiger partial charge in [0, 0.05) is 12.2 Å². The van der Waals surface area contributed by atoms with Crippen LogP contribution in [-0.4, -0.2) is 36.9 Å². The Bertz CT molecular complexity index is 1000. The van der Waals surface area contributed by atoms with Gasteiger partial charge in [-0.25, -0.2) is 0 Å². The predicted octanol–water partition coefficient (Wildman–Crippen LogP) is 7.30. The molecule has 1 saturated heterocycles. The van der Waals surface area contributed by atoms with Gasteiger partial charge in [-0.1, -0.05) is 77.9 Å². The van der Waals surface area contributed by atoms with Crippen LogP contribution in [0.1, 0.15) is 85.9 Å². The van der Waals surface area contributed by atoms with E-state index in [1.807, 2.05) is 87.4 Å². The van der Waals surface area contributed by atoms with Crippen LogP contribution < -0.4 is 10.4 Å². The van der Waals surface area contributed by atoms with E-state index in [0.717, 1.165) is 23.1 Å². The summed E-state index contributed by atoms with van der Waals surface area (Å²) in [6.45, 7) is 20.6. The molecule has 2 aromatic carbocycles. The highest BCUT2D eigenvalue weighted by Crippen LogP contribution is 2.37. The molecule has 0 atom stereocenters. The number of benzene rings is 2. The lowest BCUT2D eigenvalue weighted by Crippen LogP contribution is -2.41. The molecule has 0 radical (unpaired) electrons. The van der Waals surface area contributed by atoms with Gasteiger partial charge >= 0.3 is 13.3 Å². The molecule has 4 nitrogen and oxygen atoms in total. The number of anilines is 1. The number of halogens is 3. The highest BCUT2D eigenvalue weighted by Gasteiger charge is 2.51. The van der Waals surface area contributed by atoms with Crippen molar-refractivity contribution in [1.29, 1.82) is 0 Å². The molecular weight excluding hydrogens is 490 g/mol. The molecule has 8 heteroatoms. The molecule has 1 fully saturated rings. The number of rotatable bonds is 4. The van der Waals surface area contributed by atoms with E-state index in [-0.39, 0.29) is 17.9 Å². The van der Waals surface area contributed by atoms with Crippen LogP contribution in [0.5, 0.6) is 0 Å². The van der Waals surface area contributed by atoms with Gasteiger partial charge in [-0.3, -0.25) is 4.79 Å². The first-order valence-corrected chi connectivity index (χ1v) is 13.8. The quantitative estimate of drug-likeness (QED) is 0.386. The minimum Gasteiger partial charge on any atom is -0.399 e. The lowest BCUT2D eigenvalue weighted by molar-refractivity contribution is -0.127. The Morgan fingerprint density at radius 1 is 0.868 bits per heavy atom. The molecule has 0 spiro atoms. The SMILES string of the molecule is CC.CC.CC.CC1(C)OB(c2ccc3c(c2)CCN3C(=O)Cc2ccc(CC(F)(F)F)cc2)OC1(C)C. The largest absolute Gasteiger partial charge is 0.494 e. The Labute approximate surface area is 228 Å². The maximum atomic E-state index is 12.9. The van der Waals surface area contributed by atoms with E-state index >= 15 is 0 Å². The van der Waals surface area contributed by atoms with Gasteiger partial charge in [0.2, 0.25) is 5.91 Å². The zero-order valence-electron chi connectivity index (χ0n) is 24.8. The Hall–Kier alpha value is -2.32. The molecule has 38 heavy (non-hydrogen) atoms. The lowest BCUT2D eigenvalue weighted by atomic mass is 9.78. The molecule has 0 bridgehead atoms. The van der Waals surface area contributed by atoms with Crippen LogP contribution >= 0.6 is 0 Å². The number of fused-ring (bicyclic) bond motifs is 1. The van der Waals surface area contributed by atoms with E-state index in [4.69, 9.17) is 9.31 Å². The number of carbonyl (C=O) groups is 1. The van der Waals surface area contributed by atoms with Gasteiger partial charge < -0.3 is 14.2 Å². The highest BCUT2D eigenvalue weighted by atomic mass is 19.4. The number of hydrogen-bond donors (Lipinski definition) is 0. The van der Waals surface area contributed by atoms with E-state index in [2.05, 4.69) is 0 Å². The summed E-state index contributed by atoms with van der Waals surface area (Å²) >= 11 is 0. The van der Waals surface area contributed by atoms with Gasteiger partial charge in [0.25, 0.3) is 0 Å². The molecule has 2 aromatic rings. The van der Waals surface area contributed by atoms with Crippen molar-refractivity contribution < 1.29 is 27.3 Å². The van der Waals surface area contributed by atoms with E-state index in [9.17, 15) is 18.0 Å². The summed E-state index contributed by atoms with van der Waals surface area (Å²) in [5.74, 6) is -0.0734. The molecular formula is C30H45BF3NO3. The summed E-state index contributed by atoms with van der Waals surface area (Å²) < 4.78 is 49.8. The van der Waals surface area contributed by atoms with Crippen LogP contribution in [0.15, 0.2) is 42.5 Å². The summed E-state index contributed by atoms with van der Waals surface area (Å²) in [6.07, 6.45) is -4.33. The first-order chi connectivity index (χ1) is 17.8. The fourth-order valence-corrected chi connectivity index (χ4v) is 4.08. The van der Waals surface area contributed by atoms with E-state index in [1.54, 1.807) is 17.0 Å². The van der Waals surface area contributed by atoms with Gasteiger partial charge in [0.1, 0.15) is 0 Å². The molecule has 0 aliphatic carbocycles. The Kier molecular flexibility index (Phi) is 12.6. The Balaban J connectivity index is 0.00000112. The summed E-state index contributed by atoms with van der Waals surface area (Å²) in [5.41, 5.74) is 2.90. The monoisotopic (exact) mass is 535 g/mol. The number of nitrogens with zero attached hydrogens (tertiary/aromatic N) is 1. The maximum Gasteiger partial charge on any atom is 0.494 e. The van der Waals surface area contributed by atoms with Crippen LogP contribution in [0.25, 0.3) is 0 Å². The zero-order chi connectivity index (χ0) is 29.3. The second-order valence-corrected chi connectivity index (χ2v) is 9.56. The van der Waals surface area contributed by atoms with E-state index in [0.29, 0.717) is 12.1 Å². The van der Waals surface area contributed by atoms with Crippen molar-refractivity contribution in [2.24, 2.45) is 0 Å². The van der Waals surface area contributed by atoms with Crippen molar-refractivity contribution in [3.8, 4) is 0 Å². The van der Waals surface area contributed by atoms with Crippen molar-refractivity contribution in [2.75, 3.05) is 11.4 Å². The summed E-state index contributed by atoms with van der Waals surface area (Å²) in [7, 11) is -0.453. The average Bonchev–Trinajstić information content (AvgIpc) is 3.40. The fraction of sp³-hybridized carbons (Fsp3) is 0.567. The lowest BCUT2D eigenvalue weighted by Gasteiger charge is -2.32. The molecule has 1 amide bonds. The van der Waals surface area contributed by atoms with Gasteiger partial charge in [-0.2, -0.15) is 13.2 Å². The van der Waals surface area contributed by atoms with Crippen molar-refractivity contribution in [3.05, 3.63) is 59.2 Å². The average molecular weight is 536 g/mol. The molecule has 0 N–H and O–H groups in total. The first-order valence-electron chi connectivity index (χ1n) is 13.8. The first kappa shape index (κ1) is 33.7. The topological polar surface area (TPSA) is 38.8 Å². The highest BCUT2D eigenvalue weighted by molar-refractivity contribution is 6.62. The van der Waals surface area contributed by atoms with Gasteiger partial charge in [0.15, 0.2) is 0 Å². The smallest absolute Gasteiger partial charge is 0.399 e. The molecule has 0 saturated carbocycles. The van der Waals surface area contributed by atoms with Crippen molar-refractivity contribution in [3.63, 3.8) is 0 Å². The number of hydrogen-bond acceptors (Lipinski definition) is 3. The van der Waals surface area contributed by atoms with Crippen LogP contribution in [-0.2, 0) is 33.4 Å². The van der Waals surface area contributed by atoms with Gasteiger partial charge in [-0.05, 0) is 62.3 Å². The number of carbonyl (C=O) groups excluding carboxylic acids is 1. The van der Waals surface area contributed by atoms with Gasteiger partial charge in [-0.15, -0.1) is 0 Å². The molecule has 2 aliphatic heterocycles.